The molecular formula is C41H48BrCl3N4. The first-order chi connectivity index (χ1) is 22.1. The van der Waals surface area contributed by atoms with Crippen molar-refractivity contribution in [1.82, 2.24) is 14.9 Å². The largest absolute Gasteiger partial charge is 0.364 e. The van der Waals surface area contributed by atoms with Gasteiger partial charge in [-0.2, -0.15) is 0 Å². The van der Waals surface area contributed by atoms with Crippen molar-refractivity contribution in [3.8, 4) is 22.5 Å². The van der Waals surface area contributed by atoms with Crippen molar-refractivity contribution in [2.45, 2.75) is 73.5 Å². The molecule has 0 aliphatic carbocycles. The second-order valence-corrected chi connectivity index (χ2v) is 14.1. The van der Waals surface area contributed by atoms with Crippen molar-refractivity contribution in [2.24, 2.45) is 0 Å². The molecule has 0 amide bonds. The topological polar surface area (TPSA) is 32.3 Å². The lowest BCUT2D eigenvalue weighted by molar-refractivity contribution is 0.201. The number of anilines is 1. The molecule has 3 heterocycles. The Morgan fingerprint density at radius 2 is 1.08 bits per heavy atom. The van der Waals surface area contributed by atoms with Crippen LogP contribution in [0.3, 0.4) is 0 Å². The smallest absolute Gasteiger partial charge is 0.0705 e. The molecule has 0 saturated carbocycles. The first-order valence-corrected chi connectivity index (χ1v) is 17.2. The number of aromatic nitrogens is 2. The molecule has 4 nitrogen and oxygen atoms in total. The van der Waals surface area contributed by atoms with E-state index in [9.17, 15) is 0 Å². The minimum Gasteiger partial charge on any atom is -0.364 e. The number of rotatable bonds is 8. The standard InChI is InChI=1S/C41H45BrN4.3ClH/c1-27-19-35(20-28(2)31(27)5)40-23-33(11-15-43-40)25-45-17-13-39(14-18-45)46(38-9-7-37(42)8-10-38)26-34-12-16-44-41(24-34)36-21-29(3)32(6)30(4)22-36;;;/h7-12,15-16,19-24,39H,13-14,17-18,25-26H2,1-6H3;3*1H. The maximum absolute atomic E-state index is 4.78. The van der Waals surface area contributed by atoms with Gasteiger partial charge < -0.3 is 4.90 Å². The van der Waals surface area contributed by atoms with Gasteiger partial charge in [0.25, 0.3) is 0 Å². The van der Waals surface area contributed by atoms with Crippen molar-refractivity contribution in [3.05, 3.63) is 134 Å². The van der Waals surface area contributed by atoms with Crippen LogP contribution in [0.2, 0.25) is 0 Å². The molecule has 1 fully saturated rings. The van der Waals surface area contributed by atoms with E-state index in [4.69, 9.17) is 9.97 Å². The molecule has 49 heavy (non-hydrogen) atoms. The summed E-state index contributed by atoms with van der Waals surface area (Å²) in [7, 11) is 0. The minimum absolute atomic E-state index is 0. The van der Waals surface area contributed by atoms with Crippen LogP contribution in [0.4, 0.5) is 5.69 Å². The Morgan fingerprint density at radius 3 is 1.57 bits per heavy atom. The zero-order valence-electron chi connectivity index (χ0n) is 29.3. The Labute approximate surface area is 320 Å². The van der Waals surface area contributed by atoms with Gasteiger partial charge in [-0.25, -0.2) is 0 Å². The van der Waals surface area contributed by atoms with E-state index in [1.165, 1.54) is 61.3 Å². The second-order valence-electron chi connectivity index (χ2n) is 13.2. The van der Waals surface area contributed by atoms with Crippen LogP contribution in [0.1, 0.15) is 57.3 Å². The molecule has 0 unspecified atom stereocenters. The quantitative estimate of drug-likeness (QED) is 0.157. The third-order valence-electron chi connectivity index (χ3n) is 10.0. The molecule has 6 rings (SSSR count). The number of hydrogen-bond donors (Lipinski definition) is 0. The van der Waals surface area contributed by atoms with Gasteiger partial charge in [-0.1, -0.05) is 15.9 Å². The summed E-state index contributed by atoms with van der Waals surface area (Å²) in [5.41, 5.74) is 16.4. The lowest BCUT2D eigenvalue weighted by Gasteiger charge is -2.40. The SMILES string of the molecule is Cc1cc(-c2cc(CN3CCC(N(Cc4ccnc(-c5cc(C)c(C)c(C)c5)c4)c4ccc(Br)cc4)CC3)ccn2)cc(C)c1C.Cl.Cl.Cl. The van der Waals surface area contributed by atoms with Gasteiger partial charge in [-0.3, -0.25) is 14.9 Å². The van der Waals surface area contributed by atoms with Gasteiger partial charge in [0.05, 0.1) is 11.4 Å². The lowest BCUT2D eigenvalue weighted by Crippen LogP contribution is -2.44. The zero-order chi connectivity index (χ0) is 32.4. The molecule has 1 aliphatic rings. The molecule has 1 saturated heterocycles. The Bertz CT molecular complexity index is 1810. The molecule has 1 aliphatic heterocycles. The highest BCUT2D eigenvalue weighted by Crippen LogP contribution is 2.30. The number of piperidine rings is 1. The van der Waals surface area contributed by atoms with Crippen LogP contribution in [-0.2, 0) is 13.1 Å². The molecule has 3 aromatic carbocycles. The van der Waals surface area contributed by atoms with E-state index in [0.29, 0.717) is 6.04 Å². The maximum Gasteiger partial charge on any atom is 0.0705 e. The number of halogens is 4. The molecule has 0 atom stereocenters. The van der Waals surface area contributed by atoms with Crippen LogP contribution in [0, 0.1) is 41.5 Å². The Morgan fingerprint density at radius 1 is 0.633 bits per heavy atom. The van der Waals surface area contributed by atoms with Gasteiger partial charge in [-0.15, -0.1) is 37.2 Å². The van der Waals surface area contributed by atoms with Gasteiger partial charge in [0, 0.05) is 65.9 Å². The molecule has 260 valence electrons. The number of aryl methyl sites for hydroxylation is 4. The summed E-state index contributed by atoms with van der Waals surface area (Å²) in [4.78, 5) is 14.7. The Kier molecular flexibility index (Phi) is 14.7. The lowest BCUT2D eigenvalue weighted by atomic mass is 9.97. The summed E-state index contributed by atoms with van der Waals surface area (Å²) in [6, 6.07) is 27.3. The molecule has 0 spiro atoms. The van der Waals surface area contributed by atoms with E-state index < -0.39 is 0 Å². The first-order valence-electron chi connectivity index (χ1n) is 16.5. The third-order valence-corrected chi connectivity index (χ3v) is 10.5. The summed E-state index contributed by atoms with van der Waals surface area (Å²) < 4.78 is 1.11. The van der Waals surface area contributed by atoms with Gasteiger partial charge in [0.2, 0.25) is 0 Å². The molecule has 2 aromatic heterocycles. The molecule has 0 N–H and O–H groups in total. The number of pyridine rings is 2. The molecular weight excluding hydrogens is 735 g/mol. The van der Waals surface area contributed by atoms with Gasteiger partial charge in [0.1, 0.15) is 0 Å². The van der Waals surface area contributed by atoms with Crippen LogP contribution < -0.4 is 4.90 Å². The van der Waals surface area contributed by atoms with Crippen LogP contribution >= 0.6 is 53.2 Å². The average Bonchev–Trinajstić information content (AvgIpc) is 3.06. The summed E-state index contributed by atoms with van der Waals surface area (Å²) >= 11 is 3.64. The van der Waals surface area contributed by atoms with Crippen molar-refractivity contribution in [3.63, 3.8) is 0 Å². The molecule has 5 aromatic rings. The van der Waals surface area contributed by atoms with E-state index in [1.807, 2.05) is 12.4 Å². The fraction of sp³-hybridized carbons (Fsp3) is 0.317. The van der Waals surface area contributed by atoms with Gasteiger partial charge in [-0.05, 0) is 172 Å². The van der Waals surface area contributed by atoms with E-state index in [2.05, 4.69) is 140 Å². The van der Waals surface area contributed by atoms with Crippen molar-refractivity contribution >= 4 is 58.8 Å². The van der Waals surface area contributed by atoms with E-state index in [1.54, 1.807) is 0 Å². The summed E-state index contributed by atoms with van der Waals surface area (Å²) in [5.74, 6) is 0. The average molecular weight is 783 g/mol. The van der Waals surface area contributed by atoms with E-state index in [-0.39, 0.29) is 37.2 Å². The predicted octanol–water partition coefficient (Wildman–Crippen LogP) is 11.4. The summed E-state index contributed by atoms with van der Waals surface area (Å²) in [5, 5.41) is 0. The molecule has 8 heteroatoms. The maximum atomic E-state index is 4.78. The van der Waals surface area contributed by atoms with Crippen LogP contribution in [0.5, 0.6) is 0 Å². The first kappa shape index (κ1) is 40.5. The molecule has 0 radical (unpaired) electrons. The molecule has 0 bridgehead atoms. The van der Waals surface area contributed by atoms with Crippen molar-refractivity contribution in [1.29, 1.82) is 0 Å². The van der Waals surface area contributed by atoms with Crippen molar-refractivity contribution < 1.29 is 0 Å². The fourth-order valence-electron chi connectivity index (χ4n) is 6.74. The summed E-state index contributed by atoms with van der Waals surface area (Å²) in [6.07, 6.45) is 6.19. The highest BCUT2D eigenvalue weighted by molar-refractivity contribution is 9.10. The Hall–Kier alpha value is -2.93. The fourth-order valence-corrected chi connectivity index (χ4v) is 7.00. The van der Waals surface area contributed by atoms with Gasteiger partial charge in [0.15, 0.2) is 0 Å². The van der Waals surface area contributed by atoms with Crippen LogP contribution in [-0.4, -0.2) is 34.0 Å². The van der Waals surface area contributed by atoms with E-state index >= 15 is 0 Å². The van der Waals surface area contributed by atoms with Gasteiger partial charge >= 0.3 is 0 Å². The highest BCUT2D eigenvalue weighted by atomic mass is 79.9. The Balaban J connectivity index is 0.00000217. The van der Waals surface area contributed by atoms with Crippen LogP contribution in [0.15, 0.2) is 89.7 Å². The normalized spacial score (nSPS) is 13.2. The highest BCUT2D eigenvalue weighted by Gasteiger charge is 2.26. The number of hydrogen-bond acceptors (Lipinski definition) is 4. The number of benzene rings is 3. The number of likely N-dealkylation sites (tertiary alicyclic amines) is 1. The third kappa shape index (κ3) is 9.65. The zero-order valence-corrected chi connectivity index (χ0v) is 33.3. The summed E-state index contributed by atoms with van der Waals surface area (Å²) in [6.45, 7) is 17.1. The van der Waals surface area contributed by atoms with Crippen LogP contribution in [0.25, 0.3) is 22.5 Å². The monoisotopic (exact) mass is 780 g/mol. The number of nitrogens with zero attached hydrogens (tertiary/aromatic N) is 4. The second kappa shape index (κ2) is 17.8. The van der Waals surface area contributed by atoms with E-state index in [0.717, 1.165) is 54.9 Å². The van der Waals surface area contributed by atoms with Crippen molar-refractivity contribution in [2.75, 3.05) is 18.0 Å². The minimum atomic E-state index is 0. The predicted molar refractivity (Wildman–Crippen MR) is 218 cm³/mol.